The zero-order chi connectivity index (χ0) is 12.7. The van der Waals surface area contributed by atoms with E-state index in [-0.39, 0.29) is 18.1 Å². The minimum atomic E-state index is -0.129. The molecular weight excluding hydrogens is 218 g/mol. The summed E-state index contributed by atoms with van der Waals surface area (Å²) < 4.78 is 0. The maximum Gasteiger partial charge on any atom is 0.239 e. The molecule has 0 atom stereocenters. The second-order valence-electron chi connectivity index (χ2n) is 3.44. The van der Waals surface area contributed by atoms with E-state index in [1.165, 1.54) is 12.3 Å². The topological polar surface area (TPSA) is 104 Å². The van der Waals surface area contributed by atoms with Crippen molar-refractivity contribution < 1.29 is 4.79 Å². The third kappa shape index (κ3) is 3.65. The Morgan fingerprint density at radius 3 is 3.06 bits per heavy atom. The smallest absolute Gasteiger partial charge is 0.239 e. The molecule has 0 saturated heterocycles. The summed E-state index contributed by atoms with van der Waals surface area (Å²) in [4.78, 5) is 15.3. The lowest BCUT2D eigenvalue weighted by atomic mass is 10.2. The number of rotatable bonds is 5. The Balaban J connectivity index is 2.58. The summed E-state index contributed by atoms with van der Waals surface area (Å²) in [6.45, 7) is 2.71. The molecule has 0 unspecified atom stereocenters. The van der Waals surface area contributed by atoms with E-state index in [4.69, 9.17) is 11.0 Å². The minimum Gasteiger partial charge on any atom is -0.395 e. The van der Waals surface area contributed by atoms with Crippen LogP contribution >= 0.6 is 0 Å². The molecule has 90 valence electrons. The monoisotopic (exact) mass is 233 g/mol. The number of nitrogens with two attached hydrogens (primary N) is 1. The van der Waals surface area contributed by atoms with Crippen LogP contribution in [0.25, 0.3) is 0 Å². The number of nitrogen functional groups attached to an aromatic ring is 1. The molecule has 1 aromatic rings. The van der Waals surface area contributed by atoms with Gasteiger partial charge in [-0.15, -0.1) is 0 Å². The van der Waals surface area contributed by atoms with Crippen molar-refractivity contribution in [1.29, 1.82) is 5.26 Å². The summed E-state index contributed by atoms with van der Waals surface area (Å²) in [6.07, 6.45) is 2.36. The maximum absolute atomic E-state index is 11.3. The number of amides is 1. The van der Waals surface area contributed by atoms with Crippen LogP contribution in [0.15, 0.2) is 12.3 Å². The van der Waals surface area contributed by atoms with Crippen LogP contribution in [0.4, 0.5) is 11.5 Å². The molecule has 4 N–H and O–H groups in total. The number of carbonyl (C=O) groups excluding carboxylic acids is 1. The van der Waals surface area contributed by atoms with Crippen molar-refractivity contribution in [2.75, 3.05) is 24.1 Å². The van der Waals surface area contributed by atoms with Gasteiger partial charge in [0.1, 0.15) is 6.07 Å². The molecule has 0 aliphatic rings. The quantitative estimate of drug-likeness (QED) is 0.686. The Morgan fingerprint density at radius 1 is 1.65 bits per heavy atom. The van der Waals surface area contributed by atoms with Crippen molar-refractivity contribution in [1.82, 2.24) is 10.3 Å². The number of nitrogens with zero attached hydrogens (tertiary/aromatic N) is 2. The van der Waals surface area contributed by atoms with Crippen molar-refractivity contribution in [2.45, 2.75) is 13.3 Å². The fourth-order valence-electron chi connectivity index (χ4n) is 1.20. The van der Waals surface area contributed by atoms with E-state index in [1.54, 1.807) is 0 Å². The highest BCUT2D eigenvalue weighted by atomic mass is 16.1. The largest absolute Gasteiger partial charge is 0.395 e. The zero-order valence-electron chi connectivity index (χ0n) is 9.66. The number of nitrogens with one attached hydrogen (secondary N) is 2. The lowest BCUT2D eigenvalue weighted by Gasteiger charge is -2.08. The van der Waals surface area contributed by atoms with E-state index in [2.05, 4.69) is 15.6 Å². The van der Waals surface area contributed by atoms with Gasteiger partial charge in [-0.2, -0.15) is 5.26 Å². The number of nitriles is 1. The van der Waals surface area contributed by atoms with Crippen LogP contribution in [0.1, 0.15) is 18.9 Å². The van der Waals surface area contributed by atoms with Gasteiger partial charge in [0.2, 0.25) is 5.91 Å². The molecule has 6 heteroatoms. The molecule has 0 aliphatic carbocycles. The van der Waals surface area contributed by atoms with Gasteiger partial charge in [-0.25, -0.2) is 4.98 Å². The lowest BCUT2D eigenvalue weighted by Crippen LogP contribution is -2.30. The number of hydrogen-bond donors (Lipinski definition) is 3. The molecule has 6 nitrogen and oxygen atoms in total. The van der Waals surface area contributed by atoms with E-state index in [9.17, 15) is 4.79 Å². The first kappa shape index (κ1) is 12.8. The summed E-state index contributed by atoms with van der Waals surface area (Å²) in [5.41, 5.74) is 6.31. The van der Waals surface area contributed by atoms with Crippen LogP contribution in [0, 0.1) is 11.3 Å². The van der Waals surface area contributed by atoms with Crippen LogP contribution in [-0.2, 0) is 4.79 Å². The number of hydrogen-bond acceptors (Lipinski definition) is 5. The first-order chi connectivity index (χ1) is 8.19. The predicted octanol–water partition coefficient (Wildman–Crippen LogP) is 0.474. The Kier molecular flexibility index (Phi) is 4.76. The van der Waals surface area contributed by atoms with Gasteiger partial charge in [-0.1, -0.05) is 6.92 Å². The highest BCUT2D eigenvalue weighted by molar-refractivity contribution is 5.82. The van der Waals surface area contributed by atoms with Gasteiger partial charge in [0.15, 0.2) is 5.82 Å². The Hall–Kier alpha value is -2.29. The molecule has 1 heterocycles. The molecule has 0 spiro atoms. The molecule has 1 amide bonds. The van der Waals surface area contributed by atoms with Crippen molar-refractivity contribution >= 4 is 17.4 Å². The Labute approximate surface area is 99.8 Å². The third-order valence-electron chi connectivity index (χ3n) is 2.10. The summed E-state index contributed by atoms with van der Waals surface area (Å²) in [5.74, 6) is 0.228. The summed E-state index contributed by atoms with van der Waals surface area (Å²) in [7, 11) is 0. The van der Waals surface area contributed by atoms with Gasteiger partial charge in [-0.05, 0) is 12.5 Å². The average Bonchev–Trinajstić information content (AvgIpc) is 2.35. The van der Waals surface area contributed by atoms with Crippen LogP contribution < -0.4 is 16.4 Å². The molecule has 0 fully saturated rings. The molecule has 0 bridgehead atoms. The SMILES string of the molecule is CCCNC(=O)CNc1nccc(C#N)c1N. The van der Waals surface area contributed by atoms with Crippen molar-refractivity contribution in [3.8, 4) is 6.07 Å². The zero-order valence-corrected chi connectivity index (χ0v) is 9.66. The summed E-state index contributed by atoms with van der Waals surface area (Å²) in [6, 6.07) is 3.48. The first-order valence-electron chi connectivity index (χ1n) is 5.34. The summed E-state index contributed by atoms with van der Waals surface area (Å²) in [5, 5.41) is 14.3. The summed E-state index contributed by atoms with van der Waals surface area (Å²) >= 11 is 0. The molecule has 1 aromatic heterocycles. The average molecular weight is 233 g/mol. The van der Waals surface area contributed by atoms with E-state index < -0.39 is 0 Å². The van der Waals surface area contributed by atoms with Gasteiger partial charge in [0.25, 0.3) is 0 Å². The number of carbonyl (C=O) groups is 1. The van der Waals surface area contributed by atoms with E-state index in [1.807, 2.05) is 13.0 Å². The highest BCUT2D eigenvalue weighted by Gasteiger charge is 2.07. The predicted molar refractivity (Wildman–Crippen MR) is 65.2 cm³/mol. The molecule has 0 aromatic carbocycles. The molecule has 0 radical (unpaired) electrons. The number of aromatic nitrogens is 1. The van der Waals surface area contributed by atoms with Crippen molar-refractivity contribution in [2.24, 2.45) is 0 Å². The number of anilines is 2. The highest BCUT2D eigenvalue weighted by Crippen LogP contribution is 2.18. The fourth-order valence-corrected chi connectivity index (χ4v) is 1.20. The standard InChI is InChI=1S/C11H15N5O/c1-2-4-14-9(17)7-16-11-10(13)8(6-12)3-5-15-11/h3,5H,2,4,7,13H2,1H3,(H,14,17)(H,15,16). The second kappa shape index (κ2) is 6.33. The lowest BCUT2D eigenvalue weighted by molar-refractivity contribution is -0.119. The molecule has 17 heavy (non-hydrogen) atoms. The Morgan fingerprint density at radius 2 is 2.41 bits per heavy atom. The van der Waals surface area contributed by atoms with E-state index in [0.717, 1.165) is 6.42 Å². The maximum atomic E-state index is 11.3. The Bertz CT molecular complexity index is 438. The number of pyridine rings is 1. The second-order valence-corrected chi connectivity index (χ2v) is 3.44. The minimum absolute atomic E-state index is 0.0894. The van der Waals surface area contributed by atoms with Gasteiger partial charge in [-0.3, -0.25) is 4.79 Å². The van der Waals surface area contributed by atoms with Crippen LogP contribution in [0.2, 0.25) is 0 Å². The van der Waals surface area contributed by atoms with Gasteiger partial charge < -0.3 is 16.4 Å². The van der Waals surface area contributed by atoms with Gasteiger partial charge >= 0.3 is 0 Å². The van der Waals surface area contributed by atoms with E-state index in [0.29, 0.717) is 17.9 Å². The van der Waals surface area contributed by atoms with Crippen LogP contribution in [0.3, 0.4) is 0 Å². The van der Waals surface area contributed by atoms with Gasteiger partial charge in [0, 0.05) is 12.7 Å². The van der Waals surface area contributed by atoms with Crippen LogP contribution in [0.5, 0.6) is 0 Å². The molecule has 1 rings (SSSR count). The fraction of sp³-hybridized carbons (Fsp3) is 0.364. The van der Waals surface area contributed by atoms with Gasteiger partial charge in [0.05, 0.1) is 17.8 Å². The third-order valence-corrected chi connectivity index (χ3v) is 2.10. The molecule has 0 saturated carbocycles. The normalized spacial score (nSPS) is 9.41. The van der Waals surface area contributed by atoms with Crippen LogP contribution in [-0.4, -0.2) is 24.0 Å². The first-order valence-corrected chi connectivity index (χ1v) is 5.34. The van der Waals surface area contributed by atoms with E-state index >= 15 is 0 Å². The van der Waals surface area contributed by atoms with Crippen molar-refractivity contribution in [3.63, 3.8) is 0 Å². The van der Waals surface area contributed by atoms with Crippen molar-refractivity contribution in [3.05, 3.63) is 17.8 Å². The molecular formula is C11H15N5O. The molecule has 0 aliphatic heterocycles.